The zero-order valence-electron chi connectivity index (χ0n) is 10.0. The largest absolute Gasteiger partial charge is 0.399 e. The molecule has 0 spiro atoms. The molecule has 0 fully saturated rings. The van der Waals surface area contributed by atoms with E-state index < -0.39 is 0 Å². The van der Waals surface area contributed by atoms with E-state index in [-0.39, 0.29) is 18.6 Å². The monoisotopic (exact) mass is 234 g/mol. The van der Waals surface area contributed by atoms with Gasteiger partial charge in [0.25, 0.3) is 0 Å². The summed E-state index contributed by atoms with van der Waals surface area (Å²) in [6, 6.07) is 6.01. The summed E-state index contributed by atoms with van der Waals surface area (Å²) in [5, 5.41) is 2.99. The fourth-order valence-electron chi connectivity index (χ4n) is 2.35. The Balaban J connectivity index is 2.14. The molecule has 1 aliphatic rings. The Morgan fingerprint density at radius 1 is 1.59 bits per heavy atom. The van der Waals surface area contributed by atoms with Crippen molar-refractivity contribution in [2.24, 2.45) is 0 Å². The predicted molar refractivity (Wildman–Crippen MR) is 66.6 cm³/mol. The number of nitrogen functional groups attached to an aromatic ring is 1. The van der Waals surface area contributed by atoms with Gasteiger partial charge in [0.2, 0.25) is 5.91 Å². The number of carbonyl (C=O) groups excluding carboxylic acids is 1. The number of nitrogens with two attached hydrogens (primary N) is 1. The molecule has 0 saturated carbocycles. The van der Waals surface area contributed by atoms with Crippen molar-refractivity contribution in [3.05, 3.63) is 29.3 Å². The number of ether oxygens (including phenoxy) is 1. The van der Waals surface area contributed by atoms with Crippen LogP contribution in [0.15, 0.2) is 18.2 Å². The number of fused-ring (bicyclic) bond motifs is 1. The minimum absolute atomic E-state index is 0.0674. The van der Waals surface area contributed by atoms with E-state index in [9.17, 15) is 4.79 Å². The molecule has 1 atom stereocenters. The molecule has 0 radical (unpaired) electrons. The van der Waals surface area contributed by atoms with Crippen molar-refractivity contribution in [1.82, 2.24) is 5.32 Å². The molecule has 1 aromatic carbocycles. The first-order valence-electron chi connectivity index (χ1n) is 5.87. The normalized spacial score (nSPS) is 18.5. The van der Waals surface area contributed by atoms with Crippen molar-refractivity contribution < 1.29 is 9.53 Å². The molecular weight excluding hydrogens is 216 g/mol. The topological polar surface area (TPSA) is 64.3 Å². The van der Waals surface area contributed by atoms with Crippen LogP contribution in [0.4, 0.5) is 5.69 Å². The quantitative estimate of drug-likeness (QED) is 0.777. The van der Waals surface area contributed by atoms with Crippen LogP contribution in [0.1, 0.15) is 30.0 Å². The first-order chi connectivity index (χ1) is 8.20. The third-order valence-electron chi connectivity index (χ3n) is 3.09. The second-order valence-corrected chi connectivity index (χ2v) is 4.40. The van der Waals surface area contributed by atoms with Crippen LogP contribution in [-0.4, -0.2) is 19.6 Å². The van der Waals surface area contributed by atoms with Gasteiger partial charge in [0.05, 0.1) is 6.04 Å². The number of aryl methyl sites for hydroxylation is 1. The second-order valence-electron chi connectivity index (χ2n) is 4.40. The summed E-state index contributed by atoms with van der Waals surface area (Å²) >= 11 is 0. The molecule has 0 saturated heterocycles. The molecule has 2 rings (SSSR count). The maximum absolute atomic E-state index is 11.5. The molecule has 1 amide bonds. The third kappa shape index (κ3) is 2.77. The van der Waals surface area contributed by atoms with E-state index in [1.54, 1.807) is 0 Å². The van der Waals surface area contributed by atoms with Crippen molar-refractivity contribution >= 4 is 11.6 Å². The highest BCUT2D eigenvalue weighted by Crippen LogP contribution is 2.30. The lowest BCUT2D eigenvalue weighted by Crippen LogP contribution is -2.33. The van der Waals surface area contributed by atoms with Crippen LogP contribution in [0, 0.1) is 0 Å². The number of anilines is 1. The first-order valence-corrected chi connectivity index (χ1v) is 5.87. The average molecular weight is 234 g/mol. The fraction of sp³-hybridized carbons (Fsp3) is 0.462. The van der Waals surface area contributed by atoms with Gasteiger partial charge in [-0.25, -0.2) is 0 Å². The van der Waals surface area contributed by atoms with Gasteiger partial charge in [-0.3, -0.25) is 4.79 Å². The van der Waals surface area contributed by atoms with Crippen molar-refractivity contribution in [3.63, 3.8) is 0 Å². The van der Waals surface area contributed by atoms with Crippen LogP contribution in [0.5, 0.6) is 0 Å². The number of carbonyl (C=O) groups is 1. The molecule has 4 nitrogen and oxygen atoms in total. The number of rotatable bonds is 3. The first kappa shape index (κ1) is 11.9. The van der Waals surface area contributed by atoms with Gasteiger partial charge < -0.3 is 15.8 Å². The van der Waals surface area contributed by atoms with E-state index in [1.165, 1.54) is 18.2 Å². The van der Waals surface area contributed by atoms with Gasteiger partial charge in [-0.05, 0) is 42.5 Å². The maximum Gasteiger partial charge on any atom is 0.246 e. The molecule has 1 unspecified atom stereocenters. The second kappa shape index (κ2) is 5.19. The summed E-state index contributed by atoms with van der Waals surface area (Å²) < 4.78 is 4.82. The molecule has 17 heavy (non-hydrogen) atoms. The Kier molecular flexibility index (Phi) is 3.64. The maximum atomic E-state index is 11.5. The van der Waals surface area contributed by atoms with Gasteiger partial charge in [0.15, 0.2) is 0 Å². The molecule has 0 bridgehead atoms. The van der Waals surface area contributed by atoms with Crippen LogP contribution >= 0.6 is 0 Å². The van der Waals surface area contributed by atoms with E-state index in [2.05, 4.69) is 5.32 Å². The van der Waals surface area contributed by atoms with Crippen LogP contribution in [0.3, 0.4) is 0 Å². The highest BCUT2D eigenvalue weighted by Gasteiger charge is 2.21. The summed E-state index contributed by atoms with van der Waals surface area (Å²) in [6.45, 7) is 0.112. The number of hydrogen-bond donors (Lipinski definition) is 2. The van der Waals surface area contributed by atoms with E-state index in [1.807, 2.05) is 18.2 Å². The summed E-state index contributed by atoms with van der Waals surface area (Å²) in [4.78, 5) is 11.5. The third-order valence-corrected chi connectivity index (χ3v) is 3.09. The molecule has 4 heteroatoms. The fourth-order valence-corrected chi connectivity index (χ4v) is 2.35. The zero-order valence-corrected chi connectivity index (χ0v) is 10.0. The van der Waals surface area contributed by atoms with Gasteiger partial charge in [-0.15, -0.1) is 0 Å². The Bertz CT molecular complexity index is 418. The highest BCUT2D eigenvalue weighted by atomic mass is 16.5. The summed E-state index contributed by atoms with van der Waals surface area (Å²) in [5.41, 5.74) is 8.99. The standard InChI is InChI=1S/C13H18N2O2/c1-17-8-13(16)15-12-4-2-3-9-7-10(14)5-6-11(9)12/h5-7,12H,2-4,8,14H2,1H3,(H,15,16). The Morgan fingerprint density at radius 3 is 3.18 bits per heavy atom. The molecule has 0 heterocycles. The zero-order chi connectivity index (χ0) is 12.3. The number of amides is 1. The lowest BCUT2D eigenvalue weighted by molar-refractivity contribution is -0.125. The summed E-state index contributed by atoms with van der Waals surface area (Å²) in [7, 11) is 1.52. The van der Waals surface area contributed by atoms with Gasteiger partial charge in [0.1, 0.15) is 6.61 Å². The number of methoxy groups -OCH3 is 1. The molecule has 0 aromatic heterocycles. The molecular formula is C13H18N2O2. The van der Waals surface area contributed by atoms with Crippen molar-refractivity contribution in [3.8, 4) is 0 Å². The summed E-state index contributed by atoms with van der Waals surface area (Å²) in [5.74, 6) is -0.0674. The number of hydrogen-bond acceptors (Lipinski definition) is 3. The number of nitrogens with one attached hydrogen (secondary N) is 1. The van der Waals surface area contributed by atoms with E-state index in [0.717, 1.165) is 24.9 Å². The van der Waals surface area contributed by atoms with Crippen LogP contribution < -0.4 is 11.1 Å². The van der Waals surface area contributed by atoms with E-state index in [4.69, 9.17) is 10.5 Å². The van der Waals surface area contributed by atoms with Crippen molar-refractivity contribution in [2.45, 2.75) is 25.3 Å². The number of benzene rings is 1. The SMILES string of the molecule is COCC(=O)NC1CCCc2cc(N)ccc21. The average Bonchev–Trinajstić information content (AvgIpc) is 2.29. The molecule has 1 aliphatic carbocycles. The minimum atomic E-state index is -0.0674. The Morgan fingerprint density at radius 2 is 2.41 bits per heavy atom. The van der Waals surface area contributed by atoms with Crippen LogP contribution in [0.2, 0.25) is 0 Å². The smallest absolute Gasteiger partial charge is 0.246 e. The molecule has 3 N–H and O–H groups in total. The van der Waals surface area contributed by atoms with Crippen molar-refractivity contribution in [2.75, 3.05) is 19.5 Å². The van der Waals surface area contributed by atoms with E-state index >= 15 is 0 Å². The van der Waals surface area contributed by atoms with Gasteiger partial charge >= 0.3 is 0 Å². The predicted octanol–water partition coefficient (Wildman–Crippen LogP) is 1.41. The molecule has 92 valence electrons. The molecule has 1 aromatic rings. The van der Waals surface area contributed by atoms with Crippen LogP contribution in [0.25, 0.3) is 0 Å². The molecule has 0 aliphatic heterocycles. The van der Waals surface area contributed by atoms with E-state index in [0.29, 0.717) is 0 Å². The lowest BCUT2D eigenvalue weighted by Gasteiger charge is -2.26. The Hall–Kier alpha value is -1.55. The minimum Gasteiger partial charge on any atom is -0.399 e. The summed E-state index contributed by atoms with van der Waals surface area (Å²) in [6.07, 6.45) is 3.10. The Labute approximate surface area is 101 Å². The van der Waals surface area contributed by atoms with Crippen molar-refractivity contribution in [1.29, 1.82) is 0 Å². The van der Waals surface area contributed by atoms with Gasteiger partial charge in [-0.2, -0.15) is 0 Å². The van der Waals surface area contributed by atoms with Gasteiger partial charge in [0, 0.05) is 12.8 Å². The lowest BCUT2D eigenvalue weighted by atomic mass is 9.87. The highest BCUT2D eigenvalue weighted by molar-refractivity contribution is 5.77. The van der Waals surface area contributed by atoms with Gasteiger partial charge in [-0.1, -0.05) is 6.07 Å². The van der Waals surface area contributed by atoms with Crippen LogP contribution in [-0.2, 0) is 16.0 Å².